The zero-order valence-electron chi connectivity index (χ0n) is 8.08. The van der Waals surface area contributed by atoms with Gasteiger partial charge >= 0.3 is 0 Å². The minimum Gasteiger partial charge on any atom is -0.383 e. The molecule has 0 saturated carbocycles. The minimum atomic E-state index is -1.18. The number of anilines is 1. The Hall–Kier alpha value is -0.490. The molecule has 0 aromatic carbocycles. The summed E-state index contributed by atoms with van der Waals surface area (Å²) < 4.78 is 11.9. The highest BCUT2D eigenvalue weighted by molar-refractivity contribution is 9.10. The molecular weight excluding hydrogens is 266 g/mol. The lowest BCUT2D eigenvalue weighted by molar-refractivity contribution is 0.677. The Bertz CT molecular complexity index is 370. The van der Waals surface area contributed by atoms with Crippen LogP contribution < -0.4 is 5.73 Å². The molecule has 0 aliphatic rings. The van der Waals surface area contributed by atoms with Gasteiger partial charge in [-0.25, -0.2) is 9.97 Å². The molecule has 0 amide bonds. The van der Waals surface area contributed by atoms with E-state index in [1.807, 2.05) is 6.92 Å². The fourth-order valence-corrected chi connectivity index (χ4v) is 1.86. The summed E-state index contributed by atoms with van der Waals surface area (Å²) in [5.74, 6) is 0.355. The third kappa shape index (κ3) is 2.51. The fourth-order valence-electron chi connectivity index (χ4n) is 1.02. The smallest absolute Gasteiger partial charge is 0.220 e. The SMILES string of the molecule is CCCc1nc(S(C)=O)nc(N)c1Br. The Morgan fingerprint density at radius 3 is 2.64 bits per heavy atom. The molecule has 0 bridgehead atoms. The van der Waals surface area contributed by atoms with Gasteiger partial charge in [-0.15, -0.1) is 0 Å². The molecular formula is C8H12BrN3OS. The largest absolute Gasteiger partial charge is 0.383 e. The number of hydrogen-bond donors (Lipinski definition) is 1. The van der Waals surface area contributed by atoms with Gasteiger partial charge in [-0.05, 0) is 22.4 Å². The highest BCUT2D eigenvalue weighted by Gasteiger charge is 2.11. The van der Waals surface area contributed by atoms with E-state index in [4.69, 9.17) is 5.73 Å². The number of halogens is 1. The third-order valence-electron chi connectivity index (χ3n) is 1.67. The van der Waals surface area contributed by atoms with Crippen molar-refractivity contribution in [2.24, 2.45) is 0 Å². The van der Waals surface area contributed by atoms with Crippen molar-refractivity contribution in [1.82, 2.24) is 9.97 Å². The molecule has 4 nitrogen and oxygen atoms in total. The first-order valence-corrected chi connectivity index (χ1v) is 6.56. The molecule has 0 aliphatic carbocycles. The van der Waals surface area contributed by atoms with E-state index in [9.17, 15) is 4.21 Å². The van der Waals surface area contributed by atoms with E-state index in [2.05, 4.69) is 25.9 Å². The van der Waals surface area contributed by atoms with Gasteiger partial charge in [0, 0.05) is 6.26 Å². The molecule has 0 saturated heterocycles. The van der Waals surface area contributed by atoms with Crippen LogP contribution in [0.5, 0.6) is 0 Å². The first kappa shape index (κ1) is 11.6. The summed E-state index contributed by atoms with van der Waals surface area (Å²) in [5.41, 5.74) is 6.48. The number of aryl methyl sites for hydroxylation is 1. The molecule has 1 heterocycles. The molecule has 1 atom stereocenters. The van der Waals surface area contributed by atoms with Crippen molar-refractivity contribution in [3.8, 4) is 0 Å². The van der Waals surface area contributed by atoms with Gasteiger partial charge in [0.15, 0.2) is 0 Å². The van der Waals surface area contributed by atoms with E-state index in [1.54, 1.807) is 6.26 Å². The van der Waals surface area contributed by atoms with E-state index in [-0.39, 0.29) is 0 Å². The van der Waals surface area contributed by atoms with Crippen LogP contribution in [-0.4, -0.2) is 20.4 Å². The number of hydrogen-bond acceptors (Lipinski definition) is 4. The molecule has 1 aromatic rings. The maximum absolute atomic E-state index is 11.2. The standard InChI is InChI=1S/C8H12BrN3OS/c1-3-4-5-6(9)7(10)12-8(11-5)14(2)13/h3-4H2,1-2H3,(H2,10,11,12). The Morgan fingerprint density at radius 1 is 1.50 bits per heavy atom. The maximum Gasteiger partial charge on any atom is 0.220 e. The molecule has 0 aliphatic heterocycles. The van der Waals surface area contributed by atoms with E-state index < -0.39 is 10.8 Å². The van der Waals surface area contributed by atoms with E-state index >= 15 is 0 Å². The van der Waals surface area contributed by atoms with Gasteiger partial charge in [0.1, 0.15) is 5.82 Å². The Labute approximate surface area is 93.9 Å². The average Bonchev–Trinajstić information content (AvgIpc) is 2.12. The van der Waals surface area contributed by atoms with Crippen molar-refractivity contribution in [3.63, 3.8) is 0 Å². The number of nitrogens with zero attached hydrogens (tertiary/aromatic N) is 2. The molecule has 1 unspecified atom stereocenters. The van der Waals surface area contributed by atoms with Crippen LogP contribution in [0.4, 0.5) is 5.82 Å². The zero-order valence-corrected chi connectivity index (χ0v) is 10.5. The number of aromatic nitrogens is 2. The molecule has 0 fully saturated rings. The minimum absolute atomic E-state index is 0.300. The molecule has 78 valence electrons. The van der Waals surface area contributed by atoms with Crippen LogP contribution in [0.3, 0.4) is 0 Å². The number of nitrogens with two attached hydrogens (primary N) is 1. The van der Waals surface area contributed by atoms with Crippen LogP contribution in [-0.2, 0) is 17.2 Å². The summed E-state index contributed by atoms with van der Waals surface area (Å²) in [6.45, 7) is 2.05. The van der Waals surface area contributed by atoms with Gasteiger partial charge in [-0.1, -0.05) is 13.3 Å². The van der Waals surface area contributed by atoms with Crippen molar-refractivity contribution < 1.29 is 4.21 Å². The van der Waals surface area contributed by atoms with E-state index in [0.717, 1.165) is 18.5 Å². The van der Waals surface area contributed by atoms with Gasteiger partial charge in [0.05, 0.1) is 21.0 Å². The lowest BCUT2D eigenvalue weighted by Crippen LogP contribution is -2.06. The van der Waals surface area contributed by atoms with Crippen LogP contribution in [0.1, 0.15) is 19.0 Å². The summed E-state index contributed by atoms with van der Waals surface area (Å²) in [6.07, 6.45) is 3.31. The van der Waals surface area contributed by atoms with Crippen LogP contribution in [0.15, 0.2) is 9.63 Å². The molecule has 2 N–H and O–H groups in total. The van der Waals surface area contributed by atoms with Crippen LogP contribution in [0, 0.1) is 0 Å². The fraction of sp³-hybridized carbons (Fsp3) is 0.500. The first-order chi connectivity index (χ1) is 6.56. The second-order valence-electron chi connectivity index (χ2n) is 2.86. The molecule has 1 rings (SSSR count). The molecule has 0 radical (unpaired) electrons. The van der Waals surface area contributed by atoms with Crippen LogP contribution in [0.25, 0.3) is 0 Å². The summed E-state index contributed by atoms with van der Waals surface area (Å²) >= 11 is 3.32. The highest BCUT2D eigenvalue weighted by Crippen LogP contribution is 2.22. The molecule has 1 aromatic heterocycles. The second-order valence-corrected chi connectivity index (χ2v) is 4.92. The Balaban J connectivity index is 3.20. The average molecular weight is 278 g/mol. The Morgan fingerprint density at radius 2 is 2.14 bits per heavy atom. The van der Waals surface area contributed by atoms with Gasteiger partial charge in [-0.3, -0.25) is 4.21 Å². The van der Waals surface area contributed by atoms with Crippen LogP contribution >= 0.6 is 15.9 Å². The van der Waals surface area contributed by atoms with Crippen molar-refractivity contribution in [3.05, 3.63) is 10.2 Å². The lowest BCUT2D eigenvalue weighted by Gasteiger charge is -2.06. The van der Waals surface area contributed by atoms with Crippen molar-refractivity contribution >= 4 is 32.5 Å². The molecule has 0 spiro atoms. The van der Waals surface area contributed by atoms with Gasteiger partial charge in [-0.2, -0.15) is 0 Å². The number of nitrogen functional groups attached to an aromatic ring is 1. The topological polar surface area (TPSA) is 68.9 Å². The van der Waals surface area contributed by atoms with E-state index in [0.29, 0.717) is 15.4 Å². The quantitative estimate of drug-likeness (QED) is 0.851. The third-order valence-corrected chi connectivity index (χ3v) is 3.23. The Kier molecular flexibility index (Phi) is 4.00. The zero-order chi connectivity index (χ0) is 10.7. The second kappa shape index (κ2) is 4.84. The summed E-state index contributed by atoms with van der Waals surface area (Å²) in [5, 5.41) is 0.300. The van der Waals surface area contributed by atoms with Crippen LogP contribution in [0.2, 0.25) is 0 Å². The normalized spacial score (nSPS) is 12.8. The predicted octanol–water partition coefficient (Wildman–Crippen LogP) is 1.51. The summed E-state index contributed by atoms with van der Waals surface area (Å²) in [7, 11) is -1.18. The van der Waals surface area contributed by atoms with Crippen molar-refractivity contribution in [2.75, 3.05) is 12.0 Å². The summed E-state index contributed by atoms with van der Waals surface area (Å²) in [4.78, 5) is 8.12. The van der Waals surface area contributed by atoms with Crippen molar-refractivity contribution in [1.29, 1.82) is 0 Å². The molecule has 6 heteroatoms. The predicted molar refractivity (Wildman–Crippen MR) is 60.5 cm³/mol. The number of rotatable bonds is 3. The van der Waals surface area contributed by atoms with Crippen molar-refractivity contribution in [2.45, 2.75) is 24.9 Å². The lowest BCUT2D eigenvalue weighted by atomic mass is 10.2. The van der Waals surface area contributed by atoms with E-state index in [1.165, 1.54) is 0 Å². The van der Waals surface area contributed by atoms with Gasteiger partial charge < -0.3 is 5.73 Å². The molecule has 14 heavy (non-hydrogen) atoms. The van der Waals surface area contributed by atoms with Gasteiger partial charge in [0.25, 0.3) is 0 Å². The highest BCUT2D eigenvalue weighted by atomic mass is 79.9. The maximum atomic E-state index is 11.2. The monoisotopic (exact) mass is 277 g/mol. The van der Waals surface area contributed by atoms with Gasteiger partial charge in [0.2, 0.25) is 5.16 Å². The summed E-state index contributed by atoms with van der Waals surface area (Å²) in [6, 6.07) is 0. The first-order valence-electron chi connectivity index (χ1n) is 4.21.